The molecule has 0 saturated heterocycles. The molecule has 1 heterocycles. The molecule has 2 aromatic rings. The first-order valence-electron chi connectivity index (χ1n) is 5.98. The molecule has 0 fully saturated rings. The maximum Gasteiger partial charge on any atom is 0.346 e. The summed E-state index contributed by atoms with van der Waals surface area (Å²) >= 11 is 1.38. The number of aromatic carboxylic acids is 1. The van der Waals surface area contributed by atoms with E-state index >= 15 is 0 Å². The van der Waals surface area contributed by atoms with Crippen LogP contribution in [-0.2, 0) is 6.42 Å². The summed E-state index contributed by atoms with van der Waals surface area (Å²) in [5, 5.41) is 10.4. The van der Waals surface area contributed by atoms with E-state index in [4.69, 9.17) is 0 Å². The molecular formula is C14H17NO2S. The van der Waals surface area contributed by atoms with Crippen molar-refractivity contribution in [2.24, 2.45) is 0 Å². The van der Waals surface area contributed by atoms with Gasteiger partial charge in [0.05, 0.1) is 0 Å². The van der Waals surface area contributed by atoms with Crippen LogP contribution in [0, 0.1) is 0 Å². The van der Waals surface area contributed by atoms with Crippen LogP contribution in [0.5, 0.6) is 0 Å². The van der Waals surface area contributed by atoms with Crippen LogP contribution in [0.15, 0.2) is 24.3 Å². The van der Waals surface area contributed by atoms with Gasteiger partial charge in [-0.2, -0.15) is 0 Å². The van der Waals surface area contributed by atoms with Crippen molar-refractivity contribution in [3.63, 3.8) is 0 Å². The van der Waals surface area contributed by atoms with Crippen molar-refractivity contribution < 1.29 is 9.90 Å². The minimum atomic E-state index is -0.809. The van der Waals surface area contributed by atoms with Crippen LogP contribution in [0.4, 0.5) is 0 Å². The minimum Gasteiger partial charge on any atom is -0.477 e. The smallest absolute Gasteiger partial charge is 0.346 e. The Bertz CT molecular complexity index is 560. The van der Waals surface area contributed by atoms with Crippen molar-refractivity contribution in [1.29, 1.82) is 0 Å². The monoisotopic (exact) mass is 263 g/mol. The zero-order valence-electron chi connectivity index (χ0n) is 10.6. The summed E-state index contributed by atoms with van der Waals surface area (Å²) in [5.41, 5.74) is 0.991. The molecule has 0 radical (unpaired) electrons. The molecule has 0 amide bonds. The molecule has 1 N–H and O–H groups in total. The van der Waals surface area contributed by atoms with Crippen molar-refractivity contribution in [1.82, 2.24) is 4.90 Å². The van der Waals surface area contributed by atoms with Crippen LogP contribution in [0.2, 0.25) is 0 Å². The highest BCUT2D eigenvalue weighted by Gasteiger charge is 2.16. The van der Waals surface area contributed by atoms with Crippen LogP contribution >= 0.6 is 11.3 Å². The van der Waals surface area contributed by atoms with E-state index in [1.807, 2.05) is 38.4 Å². The van der Waals surface area contributed by atoms with Gasteiger partial charge in [-0.1, -0.05) is 18.2 Å². The van der Waals surface area contributed by atoms with Gasteiger partial charge in [0.1, 0.15) is 4.88 Å². The Hall–Kier alpha value is -1.39. The summed E-state index contributed by atoms with van der Waals surface area (Å²) in [4.78, 5) is 13.9. The lowest BCUT2D eigenvalue weighted by Gasteiger charge is -2.09. The van der Waals surface area contributed by atoms with Crippen molar-refractivity contribution in [2.45, 2.75) is 12.8 Å². The van der Waals surface area contributed by atoms with Crippen LogP contribution in [0.1, 0.15) is 21.7 Å². The van der Waals surface area contributed by atoms with Crippen molar-refractivity contribution in [2.75, 3.05) is 20.6 Å². The fourth-order valence-corrected chi connectivity index (χ4v) is 3.18. The third kappa shape index (κ3) is 2.71. The van der Waals surface area contributed by atoms with Gasteiger partial charge in [0.2, 0.25) is 0 Å². The Kier molecular flexibility index (Phi) is 3.99. The molecule has 0 aliphatic rings. The summed E-state index contributed by atoms with van der Waals surface area (Å²) in [5.74, 6) is -0.809. The predicted octanol–water partition coefficient (Wildman–Crippen LogP) is 3.09. The zero-order chi connectivity index (χ0) is 13.1. The first kappa shape index (κ1) is 13.1. The third-order valence-electron chi connectivity index (χ3n) is 2.92. The molecule has 0 spiro atoms. The standard InChI is InChI=1S/C14H17NO2S/c1-15(2)9-5-7-11-10-6-3-4-8-12(10)18-13(11)14(16)17/h3-4,6,8H,5,7,9H2,1-2H3,(H,16,17). The molecule has 4 heteroatoms. The van der Waals surface area contributed by atoms with E-state index in [0.717, 1.165) is 35.0 Å². The maximum atomic E-state index is 11.3. The topological polar surface area (TPSA) is 40.5 Å². The van der Waals surface area contributed by atoms with Crippen molar-refractivity contribution in [3.8, 4) is 0 Å². The molecule has 18 heavy (non-hydrogen) atoms. The third-order valence-corrected chi connectivity index (χ3v) is 4.13. The molecule has 1 aromatic heterocycles. The molecule has 0 saturated carbocycles. The molecule has 0 bridgehead atoms. The van der Waals surface area contributed by atoms with Crippen LogP contribution in [0.25, 0.3) is 10.1 Å². The van der Waals surface area contributed by atoms with Gasteiger partial charge in [0.15, 0.2) is 0 Å². The quantitative estimate of drug-likeness (QED) is 0.901. The van der Waals surface area contributed by atoms with Gasteiger partial charge in [-0.3, -0.25) is 0 Å². The molecule has 0 aliphatic carbocycles. The molecular weight excluding hydrogens is 246 g/mol. The van der Waals surface area contributed by atoms with E-state index in [9.17, 15) is 9.90 Å². The lowest BCUT2D eigenvalue weighted by atomic mass is 10.1. The van der Waals surface area contributed by atoms with Gasteiger partial charge >= 0.3 is 5.97 Å². The number of benzene rings is 1. The van der Waals surface area contributed by atoms with Crippen molar-refractivity contribution >= 4 is 27.4 Å². The van der Waals surface area contributed by atoms with Gasteiger partial charge in [0.25, 0.3) is 0 Å². The SMILES string of the molecule is CN(C)CCCc1c(C(=O)O)sc2ccccc12. The lowest BCUT2D eigenvalue weighted by Crippen LogP contribution is -2.13. The largest absolute Gasteiger partial charge is 0.477 e. The van der Waals surface area contributed by atoms with E-state index in [1.54, 1.807) is 0 Å². The Labute approximate surface area is 111 Å². The second-order valence-corrected chi connectivity index (χ2v) is 5.67. The van der Waals surface area contributed by atoms with Crippen LogP contribution < -0.4 is 0 Å². The number of carboxylic acids is 1. The van der Waals surface area contributed by atoms with Crippen LogP contribution in [0.3, 0.4) is 0 Å². The van der Waals surface area contributed by atoms with Crippen molar-refractivity contribution in [3.05, 3.63) is 34.7 Å². The minimum absolute atomic E-state index is 0.495. The Morgan fingerprint density at radius 2 is 2.06 bits per heavy atom. The first-order valence-corrected chi connectivity index (χ1v) is 6.79. The summed E-state index contributed by atoms with van der Waals surface area (Å²) in [6.07, 6.45) is 1.80. The number of carbonyl (C=O) groups is 1. The van der Waals surface area contributed by atoms with E-state index < -0.39 is 5.97 Å². The number of thiophene rings is 1. The molecule has 0 aliphatic heterocycles. The first-order chi connectivity index (χ1) is 8.59. The van der Waals surface area contributed by atoms with Gasteiger partial charge < -0.3 is 10.0 Å². The summed E-state index contributed by atoms with van der Waals surface area (Å²) in [7, 11) is 4.06. The fourth-order valence-electron chi connectivity index (χ4n) is 2.09. The Morgan fingerprint density at radius 3 is 2.72 bits per heavy atom. The summed E-state index contributed by atoms with van der Waals surface area (Å²) < 4.78 is 1.06. The van der Waals surface area contributed by atoms with Gasteiger partial charge in [0, 0.05) is 4.70 Å². The zero-order valence-corrected chi connectivity index (χ0v) is 11.5. The highest BCUT2D eigenvalue weighted by Crippen LogP contribution is 2.32. The Morgan fingerprint density at radius 1 is 1.33 bits per heavy atom. The van der Waals surface area contributed by atoms with Gasteiger partial charge in [-0.25, -0.2) is 4.79 Å². The number of rotatable bonds is 5. The summed E-state index contributed by atoms with van der Waals surface area (Å²) in [6, 6.07) is 7.93. The number of nitrogens with zero attached hydrogens (tertiary/aromatic N) is 1. The number of hydrogen-bond donors (Lipinski definition) is 1. The van der Waals surface area contributed by atoms with E-state index in [0.29, 0.717) is 4.88 Å². The number of fused-ring (bicyclic) bond motifs is 1. The molecule has 0 unspecified atom stereocenters. The summed E-state index contributed by atoms with van der Waals surface area (Å²) in [6.45, 7) is 0.975. The second kappa shape index (κ2) is 5.50. The van der Waals surface area contributed by atoms with E-state index in [2.05, 4.69) is 4.90 Å². The van der Waals surface area contributed by atoms with E-state index in [1.165, 1.54) is 11.3 Å². The molecule has 0 atom stereocenters. The molecule has 3 nitrogen and oxygen atoms in total. The number of carboxylic acid groups (broad SMARTS) is 1. The highest BCUT2D eigenvalue weighted by molar-refractivity contribution is 7.21. The molecule has 2 rings (SSSR count). The molecule has 1 aromatic carbocycles. The lowest BCUT2D eigenvalue weighted by molar-refractivity contribution is 0.0701. The average molecular weight is 263 g/mol. The average Bonchev–Trinajstić information content (AvgIpc) is 2.68. The molecule has 96 valence electrons. The fraction of sp³-hybridized carbons (Fsp3) is 0.357. The Balaban J connectivity index is 2.33. The number of hydrogen-bond acceptors (Lipinski definition) is 3. The number of aryl methyl sites for hydroxylation is 1. The second-order valence-electron chi connectivity index (χ2n) is 4.62. The van der Waals surface area contributed by atoms with E-state index in [-0.39, 0.29) is 0 Å². The van der Waals surface area contributed by atoms with Crippen LogP contribution in [-0.4, -0.2) is 36.6 Å². The predicted molar refractivity (Wildman–Crippen MR) is 75.7 cm³/mol. The normalized spacial score (nSPS) is 11.3. The maximum absolute atomic E-state index is 11.3. The van der Waals surface area contributed by atoms with Gasteiger partial charge in [-0.15, -0.1) is 11.3 Å². The highest BCUT2D eigenvalue weighted by atomic mass is 32.1. The van der Waals surface area contributed by atoms with Gasteiger partial charge in [-0.05, 0) is 50.5 Å².